The Bertz CT molecular complexity index is 5730. The van der Waals surface area contributed by atoms with Crippen LogP contribution >= 0.6 is 120 Å². The van der Waals surface area contributed by atoms with Crippen LogP contribution in [0.3, 0.4) is 0 Å². The van der Waals surface area contributed by atoms with Crippen LogP contribution in [0, 0.1) is 29.1 Å². The lowest BCUT2D eigenvalue weighted by atomic mass is 10.1. The van der Waals surface area contributed by atoms with Crippen LogP contribution in [0.25, 0.3) is 30.4 Å². The standard InChI is InChI=1S/C20H23FN4O2S2.C19H21FN4O3S2.C19H23FN4O2S2.C18H21FN4O2S2.C17H19FN4O2S2.5CH4/c21-15-7-6-14(16(13-15)27-20(26)24-9-3-1-4-10-24)12-17-18(28)23-19(29-17)25-11-5-2-8-22-25;20-14-3-4-15(27-19(25)23-7-9-26-10-8-23)13(11-14)12-16-17(28)22-18(29-16)24-6-2-1-5-21-24;1-3-23(4-2)19(25)26-15-12-14(20)8-7-13(15)11-16-17(27)22-18(28-16)24-10-6-5-9-21-24;1-3-22(2)18(24)25-14-11-13(19)7-6-12(14)10-15-16(26)21-17(27-15)23-9-5-4-8-20-23;1-21(2)17(23)24-13-10-12(18)6-5-11(13)9-14-15(25)20-16(26-14)22-8-4-3-7-19-22;;;;;/h6-7,12-13,22H,1-5,8-11H2;3-4,11-12,21H,1-2,5-10H2;7-8,11-12,21H,3-6,9-10H2,1-2H3;6-7,10-11,20H,3-5,8-9H2,1-2H3;5-6,9-10,19H,3-4,7-8H2,1-2H3;5*1H4/b17-12-;16-12-;16-11-;15-10-;14-9-;;;;;. The summed E-state index contributed by atoms with van der Waals surface area (Å²) in [7, 11) is 4.74. The zero-order valence-corrected chi connectivity index (χ0v) is 85.5. The first kappa shape index (κ1) is 119. The van der Waals surface area contributed by atoms with Gasteiger partial charge in [-0.1, -0.05) is 98.2 Å². The van der Waals surface area contributed by atoms with E-state index < -0.39 is 59.6 Å². The minimum absolute atomic E-state index is 0. The second kappa shape index (κ2) is 59.2. The highest BCUT2D eigenvalue weighted by Gasteiger charge is 2.34. The molecule has 12 heterocycles. The van der Waals surface area contributed by atoms with E-state index in [9.17, 15) is 45.9 Å². The number of nitrogens with zero attached hydrogens (tertiary/aromatic N) is 15. The number of aliphatic imine (C=N–C) groups is 5. The van der Waals surface area contributed by atoms with Gasteiger partial charge in [0.2, 0.25) is 0 Å². The fraction of sp³-hybridized carbons (Fsp3) is 0.439. The number of carbonyl (C=O) groups is 5. The highest BCUT2D eigenvalue weighted by atomic mass is 32.2. The molecule has 7 saturated heterocycles. The molecule has 31 nitrogen and oxygen atoms in total. The van der Waals surface area contributed by atoms with E-state index in [0.29, 0.717) is 112 Å². The molecule has 12 aliphatic rings. The average molecular weight is 2180 g/mol. The van der Waals surface area contributed by atoms with Crippen molar-refractivity contribution in [3.63, 3.8) is 0 Å². The van der Waals surface area contributed by atoms with Gasteiger partial charge in [-0.15, -0.1) is 0 Å². The molecule has 144 heavy (non-hydrogen) atoms. The molecule has 7 fully saturated rings. The molecule has 0 aliphatic carbocycles. The van der Waals surface area contributed by atoms with Crippen molar-refractivity contribution in [1.29, 1.82) is 0 Å². The number of rotatable bonds is 13. The fourth-order valence-corrected chi connectivity index (χ4v) is 20.6. The van der Waals surface area contributed by atoms with Gasteiger partial charge < -0.3 is 52.9 Å². The van der Waals surface area contributed by atoms with E-state index in [-0.39, 0.29) is 65.9 Å². The van der Waals surface area contributed by atoms with Gasteiger partial charge in [-0.3, -0.25) is 25.0 Å². The third-order valence-electron chi connectivity index (χ3n) is 22.1. The van der Waals surface area contributed by atoms with E-state index in [0.717, 1.165) is 199 Å². The fourth-order valence-electron chi connectivity index (χ4n) is 14.4. The summed E-state index contributed by atoms with van der Waals surface area (Å²) in [6.07, 6.45) is 20.5. The van der Waals surface area contributed by atoms with Crippen LogP contribution in [0.5, 0.6) is 28.7 Å². The van der Waals surface area contributed by atoms with Gasteiger partial charge in [0.15, 0.2) is 25.8 Å². The minimum atomic E-state index is -0.577. The second-order valence-corrected chi connectivity index (χ2v) is 39.3. The van der Waals surface area contributed by atoms with Crippen molar-refractivity contribution in [3.8, 4) is 28.7 Å². The van der Waals surface area contributed by atoms with Crippen molar-refractivity contribution in [1.82, 2.24) is 76.7 Å². The topological polar surface area (TPSA) is 295 Å². The first-order valence-corrected chi connectivity index (χ1v) is 51.7. The Morgan fingerprint density at radius 2 is 0.611 bits per heavy atom. The van der Waals surface area contributed by atoms with Gasteiger partial charge in [0.1, 0.15) is 82.8 Å². The van der Waals surface area contributed by atoms with Crippen LogP contribution in [0.4, 0.5) is 45.9 Å². The minimum Gasteiger partial charge on any atom is -0.410 e. The maximum Gasteiger partial charge on any atom is 0.415 e. The lowest BCUT2D eigenvalue weighted by Crippen LogP contribution is -2.45. The van der Waals surface area contributed by atoms with Gasteiger partial charge in [0, 0.05) is 184 Å². The number of hydrogen-bond acceptors (Lipinski definition) is 31. The Morgan fingerprint density at radius 3 is 0.910 bits per heavy atom. The van der Waals surface area contributed by atoms with Crippen molar-refractivity contribution < 1.29 is 74.3 Å². The summed E-state index contributed by atoms with van der Waals surface area (Å²) in [6.45, 7) is 19.2. The molecule has 5 N–H and O–H groups in total. The van der Waals surface area contributed by atoms with Crippen LogP contribution < -0.4 is 50.8 Å². The Hall–Kier alpha value is -9.89. The summed E-state index contributed by atoms with van der Waals surface area (Å²) in [5.74, 6) is -1.37. The van der Waals surface area contributed by atoms with Crippen molar-refractivity contribution in [2.24, 2.45) is 25.0 Å². The Labute approximate surface area is 888 Å². The summed E-state index contributed by atoms with van der Waals surface area (Å²) >= 11 is 34.2. The monoisotopic (exact) mass is 2170 g/mol. The summed E-state index contributed by atoms with van der Waals surface area (Å²) in [5.41, 5.74) is 19.3. The SMILES string of the molecule is C.C.C.C.C.CCN(C)C(=O)Oc1cc(F)ccc1/C=C1\SC(N2CCCCN2)=NC1=S.CCN(CC)C(=O)Oc1cc(F)ccc1/C=C1\SC(N2CCCCN2)=NC1=S.CN(C)C(=O)Oc1cc(F)ccc1/C=C1\SC(N2CCCCN2)=NC1=S.O=C(Oc1cc(F)ccc1/C=C1\SC(N2CCCCN2)=NC1=S)N1CCCCC1.O=C(Oc1ccc(F)cc1/C=C1\SC(N2CCCCN2)=NC1=S)N1CCOCC1. The predicted octanol–water partition coefficient (Wildman–Crippen LogP) is 21.3. The van der Waals surface area contributed by atoms with E-state index >= 15 is 0 Å². The van der Waals surface area contributed by atoms with Crippen molar-refractivity contribution in [3.05, 3.63) is 172 Å². The normalized spacial score (nSPS) is 19.1. The summed E-state index contributed by atoms with van der Waals surface area (Å²) in [4.78, 5) is 97.0. The smallest absolute Gasteiger partial charge is 0.410 e. The largest absolute Gasteiger partial charge is 0.415 e. The molecule has 5 aromatic rings. The van der Waals surface area contributed by atoms with Gasteiger partial charge in [0.05, 0.1) is 37.7 Å². The molecule has 46 heteroatoms. The van der Waals surface area contributed by atoms with Gasteiger partial charge in [-0.25, -0.2) is 98.0 Å². The number of morpholine rings is 1. The number of thioether (sulfide) groups is 5. The van der Waals surface area contributed by atoms with Gasteiger partial charge in [0.25, 0.3) is 0 Å². The first-order valence-electron chi connectivity index (χ1n) is 45.6. The number of hydrogen-bond donors (Lipinski definition) is 5. The van der Waals surface area contributed by atoms with Crippen LogP contribution in [-0.2, 0) is 4.74 Å². The number of amides is 5. The number of likely N-dealkylation sites (tertiary alicyclic amines) is 1. The van der Waals surface area contributed by atoms with Crippen LogP contribution in [0.15, 0.2) is 140 Å². The van der Waals surface area contributed by atoms with Crippen molar-refractivity contribution in [2.45, 2.75) is 141 Å². The lowest BCUT2D eigenvalue weighted by molar-refractivity contribution is 0.0415. The number of ether oxygens (including phenoxy) is 6. The van der Waals surface area contributed by atoms with Crippen molar-refractivity contribution >= 4 is 232 Å². The quantitative estimate of drug-likeness (QED) is 0.0416. The third-order valence-corrected chi connectivity index (χ3v) is 29.4. The average Bonchev–Trinajstić information content (AvgIpc) is 1.51. The highest BCUT2D eigenvalue weighted by Crippen LogP contribution is 2.41. The number of benzene rings is 5. The molecular formula is C98H127F5N20O11S10. The van der Waals surface area contributed by atoms with Gasteiger partial charge in [-0.05, 0) is 260 Å². The highest BCUT2D eigenvalue weighted by molar-refractivity contribution is 8.20. The predicted molar refractivity (Wildman–Crippen MR) is 596 cm³/mol. The maximum atomic E-state index is 13.9. The van der Waals surface area contributed by atoms with E-state index in [2.05, 4.69) is 52.1 Å². The van der Waals surface area contributed by atoms with Crippen LogP contribution in [0.2, 0.25) is 0 Å². The molecule has 0 radical (unpaired) electrons. The Morgan fingerprint density at radius 1 is 0.340 bits per heavy atom. The molecule has 0 aromatic heterocycles. The number of carbonyl (C=O) groups excluding carboxylic acids is 5. The number of hydrazine groups is 5. The molecule has 12 aliphatic heterocycles. The molecule has 17 rings (SSSR count). The van der Waals surface area contributed by atoms with Gasteiger partial charge >= 0.3 is 30.5 Å². The Kier molecular flexibility index (Phi) is 49.1. The zero-order chi connectivity index (χ0) is 98.6. The number of halogens is 5. The van der Waals surface area contributed by atoms with Crippen LogP contribution in [-0.4, -0.2) is 276 Å². The van der Waals surface area contributed by atoms with Gasteiger partial charge in [-0.2, -0.15) is 0 Å². The molecule has 0 unspecified atom stereocenters. The zero-order valence-electron chi connectivity index (χ0n) is 77.3. The lowest BCUT2D eigenvalue weighted by Gasteiger charge is -2.28. The van der Waals surface area contributed by atoms with E-state index in [4.69, 9.17) is 89.5 Å². The number of thiocarbonyl (C=S) groups is 5. The molecule has 0 bridgehead atoms. The molecule has 780 valence electrons. The molecular weight excluding hydrogens is 2050 g/mol. The number of piperidine rings is 1. The number of nitrogens with one attached hydrogen (secondary N) is 5. The summed E-state index contributed by atoms with van der Waals surface area (Å²) < 4.78 is 101. The molecule has 5 amide bonds. The molecule has 0 atom stereocenters. The summed E-state index contributed by atoms with van der Waals surface area (Å²) in [6, 6.07) is 20.5. The van der Waals surface area contributed by atoms with E-state index in [1.807, 2.05) is 51.9 Å². The summed E-state index contributed by atoms with van der Waals surface area (Å²) in [5, 5.41) is 14.0. The van der Waals surface area contributed by atoms with E-state index in [1.165, 1.54) is 140 Å². The molecule has 0 spiro atoms. The maximum absolute atomic E-state index is 13.9. The number of amidine groups is 5. The third kappa shape index (κ3) is 34.4. The van der Waals surface area contributed by atoms with Crippen LogP contribution in [0.1, 0.15) is 169 Å². The first-order chi connectivity index (χ1) is 67.1. The molecule has 0 saturated carbocycles. The van der Waals surface area contributed by atoms with Crippen molar-refractivity contribution in [2.75, 3.05) is 146 Å². The Balaban J connectivity index is 0.000000218. The molecule has 5 aromatic carbocycles. The van der Waals surface area contributed by atoms with E-state index in [1.54, 1.807) is 79.5 Å². The second-order valence-electron chi connectivity index (χ2n) is 32.4.